The first kappa shape index (κ1) is 13.6. The predicted molar refractivity (Wildman–Crippen MR) is 67.8 cm³/mol. The van der Waals surface area contributed by atoms with Crippen molar-refractivity contribution < 1.29 is 14.6 Å². The molecule has 0 saturated carbocycles. The predicted octanol–water partition coefficient (Wildman–Crippen LogP) is 3.40. The zero-order valence-corrected chi connectivity index (χ0v) is 10.9. The van der Waals surface area contributed by atoms with Gasteiger partial charge in [0.25, 0.3) is 0 Å². The summed E-state index contributed by atoms with van der Waals surface area (Å²) in [5.74, 6) is -0.0639. The highest BCUT2D eigenvalue weighted by molar-refractivity contribution is 5.76. The highest BCUT2D eigenvalue weighted by atomic mass is 16.5. The van der Waals surface area contributed by atoms with Gasteiger partial charge in [0.1, 0.15) is 5.75 Å². The Morgan fingerprint density at radius 1 is 1.41 bits per heavy atom. The van der Waals surface area contributed by atoms with Gasteiger partial charge in [-0.25, -0.2) is 0 Å². The molecule has 1 aromatic rings. The quantitative estimate of drug-likeness (QED) is 0.852. The third-order valence-corrected chi connectivity index (χ3v) is 2.98. The summed E-state index contributed by atoms with van der Waals surface area (Å²) >= 11 is 0. The van der Waals surface area contributed by atoms with Gasteiger partial charge in [-0.15, -0.1) is 0 Å². The number of aliphatic carboxylic acids is 1. The van der Waals surface area contributed by atoms with Gasteiger partial charge in [-0.3, -0.25) is 4.79 Å². The van der Waals surface area contributed by atoms with Gasteiger partial charge in [-0.1, -0.05) is 32.9 Å². The smallest absolute Gasteiger partial charge is 0.310 e. The average Bonchev–Trinajstić information content (AvgIpc) is 2.29. The summed E-state index contributed by atoms with van der Waals surface area (Å²) < 4.78 is 5.29. The van der Waals surface area contributed by atoms with Crippen molar-refractivity contribution in [2.24, 2.45) is 0 Å². The lowest BCUT2D eigenvalue weighted by molar-refractivity contribution is -0.138. The van der Waals surface area contributed by atoms with Gasteiger partial charge in [-0.05, 0) is 29.5 Å². The van der Waals surface area contributed by atoms with E-state index < -0.39 is 11.9 Å². The zero-order valence-electron chi connectivity index (χ0n) is 10.9. The van der Waals surface area contributed by atoms with Gasteiger partial charge in [0.05, 0.1) is 13.0 Å². The number of carbonyl (C=O) groups is 1. The van der Waals surface area contributed by atoms with E-state index in [0.29, 0.717) is 12.3 Å². The van der Waals surface area contributed by atoms with E-state index in [9.17, 15) is 4.79 Å². The minimum absolute atomic E-state index is 0.316. The Balaban J connectivity index is 3.19. The van der Waals surface area contributed by atoms with E-state index in [1.807, 2.05) is 25.1 Å². The Kier molecular flexibility index (Phi) is 4.55. The molecular formula is C14H20O3. The van der Waals surface area contributed by atoms with E-state index >= 15 is 0 Å². The maximum Gasteiger partial charge on any atom is 0.310 e. The fraction of sp³-hybridized carbons (Fsp3) is 0.500. The SMILES string of the molecule is CCC(C(=O)O)c1ccc(OC)c(C(C)C)c1. The van der Waals surface area contributed by atoms with Crippen LogP contribution in [0.15, 0.2) is 18.2 Å². The van der Waals surface area contributed by atoms with Crippen LogP contribution < -0.4 is 4.74 Å². The van der Waals surface area contributed by atoms with Crippen LogP contribution in [0.1, 0.15) is 50.2 Å². The van der Waals surface area contributed by atoms with Crippen molar-refractivity contribution in [1.29, 1.82) is 0 Å². The molecule has 3 nitrogen and oxygen atoms in total. The molecule has 1 aromatic carbocycles. The summed E-state index contributed by atoms with van der Waals surface area (Å²) in [4.78, 5) is 11.1. The lowest BCUT2D eigenvalue weighted by Crippen LogP contribution is -2.11. The number of benzene rings is 1. The van der Waals surface area contributed by atoms with Crippen molar-refractivity contribution in [3.8, 4) is 5.75 Å². The lowest BCUT2D eigenvalue weighted by Gasteiger charge is -2.16. The maximum absolute atomic E-state index is 11.1. The summed E-state index contributed by atoms with van der Waals surface area (Å²) in [5, 5.41) is 9.15. The molecule has 1 atom stereocenters. The molecule has 0 heterocycles. The maximum atomic E-state index is 11.1. The summed E-state index contributed by atoms with van der Waals surface area (Å²) in [6.07, 6.45) is 0.596. The minimum Gasteiger partial charge on any atom is -0.496 e. The third-order valence-electron chi connectivity index (χ3n) is 2.98. The van der Waals surface area contributed by atoms with E-state index in [-0.39, 0.29) is 0 Å². The van der Waals surface area contributed by atoms with Crippen LogP contribution in [0.3, 0.4) is 0 Å². The molecule has 0 aromatic heterocycles. The second-order valence-electron chi connectivity index (χ2n) is 4.46. The first-order valence-corrected chi connectivity index (χ1v) is 5.91. The van der Waals surface area contributed by atoms with Crippen molar-refractivity contribution >= 4 is 5.97 Å². The Hall–Kier alpha value is -1.51. The molecule has 1 rings (SSSR count). The zero-order chi connectivity index (χ0) is 13.0. The minimum atomic E-state index is -0.771. The van der Waals surface area contributed by atoms with Gasteiger partial charge in [0, 0.05) is 0 Å². The van der Waals surface area contributed by atoms with Crippen molar-refractivity contribution in [2.75, 3.05) is 7.11 Å². The van der Waals surface area contributed by atoms with E-state index in [0.717, 1.165) is 16.9 Å². The first-order valence-electron chi connectivity index (χ1n) is 5.91. The Morgan fingerprint density at radius 3 is 2.47 bits per heavy atom. The lowest BCUT2D eigenvalue weighted by atomic mass is 9.91. The van der Waals surface area contributed by atoms with Crippen molar-refractivity contribution in [1.82, 2.24) is 0 Å². The molecule has 0 spiro atoms. The molecule has 3 heteroatoms. The van der Waals surface area contributed by atoms with E-state index in [2.05, 4.69) is 13.8 Å². The summed E-state index contributed by atoms with van der Waals surface area (Å²) in [6.45, 7) is 6.03. The normalized spacial score (nSPS) is 12.5. The van der Waals surface area contributed by atoms with Crippen LogP contribution in [-0.4, -0.2) is 18.2 Å². The van der Waals surface area contributed by atoms with E-state index in [1.165, 1.54) is 0 Å². The molecule has 0 aliphatic rings. The number of carboxylic acids is 1. The van der Waals surface area contributed by atoms with Crippen LogP contribution >= 0.6 is 0 Å². The molecule has 0 fully saturated rings. The van der Waals surface area contributed by atoms with Crippen LogP contribution in [-0.2, 0) is 4.79 Å². The fourth-order valence-electron chi connectivity index (χ4n) is 1.97. The van der Waals surface area contributed by atoms with Gasteiger partial charge in [0.2, 0.25) is 0 Å². The highest BCUT2D eigenvalue weighted by Gasteiger charge is 2.19. The van der Waals surface area contributed by atoms with Gasteiger partial charge in [0.15, 0.2) is 0 Å². The van der Waals surface area contributed by atoms with E-state index in [4.69, 9.17) is 9.84 Å². The van der Waals surface area contributed by atoms with Gasteiger partial charge >= 0.3 is 5.97 Å². The number of methoxy groups -OCH3 is 1. The Bertz CT molecular complexity index is 396. The molecule has 0 aliphatic heterocycles. The highest BCUT2D eigenvalue weighted by Crippen LogP contribution is 2.31. The van der Waals surface area contributed by atoms with Crippen LogP contribution in [0.4, 0.5) is 0 Å². The number of carboxylic acid groups (broad SMARTS) is 1. The molecule has 94 valence electrons. The molecule has 0 amide bonds. The second kappa shape index (κ2) is 5.71. The van der Waals surface area contributed by atoms with Crippen LogP contribution in [0.2, 0.25) is 0 Å². The van der Waals surface area contributed by atoms with Crippen molar-refractivity contribution in [2.45, 2.75) is 39.0 Å². The third kappa shape index (κ3) is 2.99. The fourth-order valence-corrected chi connectivity index (χ4v) is 1.97. The summed E-state index contributed by atoms with van der Waals surface area (Å²) in [7, 11) is 1.63. The molecule has 0 aliphatic carbocycles. The van der Waals surface area contributed by atoms with Crippen LogP contribution in [0.25, 0.3) is 0 Å². The van der Waals surface area contributed by atoms with Crippen LogP contribution in [0, 0.1) is 0 Å². The van der Waals surface area contributed by atoms with Gasteiger partial charge < -0.3 is 9.84 Å². The Morgan fingerprint density at radius 2 is 2.06 bits per heavy atom. The topological polar surface area (TPSA) is 46.5 Å². The number of rotatable bonds is 5. The van der Waals surface area contributed by atoms with E-state index in [1.54, 1.807) is 7.11 Å². The number of hydrogen-bond acceptors (Lipinski definition) is 2. The number of ether oxygens (including phenoxy) is 1. The monoisotopic (exact) mass is 236 g/mol. The molecule has 0 saturated heterocycles. The second-order valence-corrected chi connectivity index (χ2v) is 4.46. The molecular weight excluding hydrogens is 216 g/mol. The average molecular weight is 236 g/mol. The molecule has 1 N–H and O–H groups in total. The van der Waals surface area contributed by atoms with Crippen molar-refractivity contribution in [3.63, 3.8) is 0 Å². The molecule has 0 radical (unpaired) electrons. The van der Waals surface area contributed by atoms with Crippen LogP contribution in [0.5, 0.6) is 5.75 Å². The Labute approximate surface area is 102 Å². The first-order chi connectivity index (χ1) is 8.01. The standard InChI is InChI=1S/C14H20O3/c1-5-11(14(15)16)10-6-7-13(17-4)12(8-10)9(2)3/h6-9,11H,5H2,1-4H3,(H,15,16). The van der Waals surface area contributed by atoms with Crippen molar-refractivity contribution in [3.05, 3.63) is 29.3 Å². The number of hydrogen-bond donors (Lipinski definition) is 1. The molecule has 1 unspecified atom stereocenters. The molecule has 17 heavy (non-hydrogen) atoms. The summed E-state index contributed by atoms with van der Waals surface area (Å²) in [5.41, 5.74) is 1.91. The summed E-state index contributed by atoms with van der Waals surface area (Å²) in [6, 6.07) is 5.65. The molecule has 0 bridgehead atoms. The largest absolute Gasteiger partial charge is 0.496 e. The van der Waals surface area contributed by atoms with Gasteiger partial charge in [-0.2, -0.15) is 0 Å².